The summed E-state index contributed by atoms with van der Waals surface area (Å²) in [6.07, 6.45) is -0.0900. The summed E-state index contributed by atoms with van der Waals surface area (Å²) < 4.78 is 38.4. The SMILES string of the molecule is FC(F)(F)c1ccc2nc(N=C3CC4(CN5CCC4CC5)ON3)ncc2c1. The molecule has 0 saturated carbocycles. The molecule has 1 aromatic carbocycles. The average Bonchev–Trinajstić information content (AvgIpc) is 3.03. The van der Waals surface area contributed by atoms with Crippen LogP contribution in [0.3, 0.4) is 0 Å². The highest BCUT2D eigenvalue weighted by atomic mass is 19.4. The predicted molar refractivity (Wildman–Crippen MR) is 92.4 cm³/mol. The minimum Gasteiger partial charge on any atom is -0.300 e. The molecule has 0 aliphatic carbocycles. The van der Waals surface area contributed by atoms with Gasteiger partial charge in [-0.05, 0) is 50.0 Å². The van der Waals surface area contributed by atoms with E-state index in [4.69, 9.17) is 4.84 Å². The van der Waals surface area contributed by atoms with Gasteiger partial charge in [-0.3, -0.25) is 10.3 Å². The van der Waals surface area contributed by atoms with Gasteiger partial charge in [-0.1, -0.05) is 0 Å². The summed E-state index contributed by atoms with van der Waals surface area (Å²) in [5, 5.41) is 0.332. The second-order valence-electron chi connectivity index (χ2n) is 7.50. The number of nitrogens with zero attached hydrogens (tertiary/aromatic N) is 4. The Morgan fingerprint density at radius 3 is 2.78 bits per heavy atom. The second kappa shape index (κ2) is 5.87. The Kier molecular flexibility index (Phi) is 3.67. The molecule has 6 nitrogen and oxygen atoms in total. The number of fused-ring (bicyclic) bond motifs is 3. The van der Waals surface area contributed by atoms with Crippen molar-refractivity contribution in [3.8, 4) is 0 Å². The maximum Gasteiger partial charge on any atom is 0.416 e. The molecule has 1 unspecified atom stereocenters. The molecule has 9 heteroatoms. The second-order valence-corrected chi connectivity index (χ2v) is 7.50. The quantitative estimate of drug-likeness (QED) is 0.828. The van der Waals surface area contributed by atoms with E-state index in [1.165, 1.54) is 12.3 Å². The van der Waals surface area contributed by atoms with E-state index in [1.807, 2.05) is 0 Å². The summed E-state index contributed by atoms with van der Waals surface area (Å²) >= 11 is 0. The monoisotopic (exact) mass is 377 g/mol. The topological polar surface area (TPSA) is 62.6 Å². The first-order valence-corrected chi connectivity index (χ1v) is 8.99. The number of amidine groups is 1. The third-order valence-electron chi connectivity index (χ3n) is 5.79. The molecule has 2 bridgehead atoms. The summed E-state index contributed by atoms with van der Waals surface area (Å²) in [5.74, 6) is 1.39. The van der Waals surface area contributed by atoms with Gasteiger partial charge in [-0.2, -0.15) is 18.2 Å². The summed E-state index contributed by atoms with van der Waals surface area (Å²) in [6.45, 7) is 3.13. The molecule has 4 fully saturated rings. The number of piperidine rings is 3. The molecule has 5 heterocycles. The van der Waals surface area contributed by atoms with Crippen molar-refractivity contribution in [1.82, 2.24) is 20.3 Å². The van der Waals surface area contributed by atoms with Crippen molar-refractivity contribution in [3.05, 3.63) is 30.0 Å². The van der Waals surface area contributed by atoms with Gasteiger partial charge in [0.15, 0.2) is 0 Å². The Morgan fingerprint density at radius 1 is 1.26 bits per heavy atom. The summed E-state index contributed by atoms with van der Waals surface area (Å²) in [4.78, 5) is 21.2. The van der Waals surface area contributed by atoms with Crippen molar-refractivity contribution in [2.45, 2.75) is 31.0 Å². The van der Waals surface area contributed by atoms with Crippen LogP contribution in [-0.4, -0.2) is 45.9 Å². The standard InChI is InChI=1S/C18H18F3N5O/c19-18(20,21)13-1-2-14-11(7-13)9-22-16(23-14)24-15-8-17(27-25-15)10-26-5-3-12(17)4-6-26/h1-2,7,9,12H,3-6,8,10H2,(H,22,23,24,25). The van der Waals surface area contributed by atoms with E-state index < -0.39 is 11.7 Å². The summed E-state index contributed by atoms with van der Waals surface area (Å²) in [6, 6.07) is 3.41. The van der Waals surface area contributed by atoms with Crippen LogP contribution in [0.2, 0.25) is 0 Å². The Balaban J connectivity index is 1.40. The fourth-order valence-corrected chi connectivity index (χ4v) is 4.39. The zero-order chi connectivity index (χ0) is 18.6. The number of nitrogens with one attached hydrogen (secondary N) is 1. The Labute approximate surface area is 153 Å². The number of alkyl halides is 3. The first-order chi connectivity index (χ1) is 12.9. The molecule has 1 N–H and O–H groups in total. The summed E-state index contributed by atoms with van der Waals surface area (Å²) in [5.41, 5.74) is 2.39. The largest absolute Gasteiger partial charge is 0.416 e. The number of aromatic nitrogens is 2. The normalized spacial score (nSPS) is 31.7. The number of benzene rings is 1. The molecule has 0 amide bonds. The molecule has 142 valence electrons. The van der Waals surface area contributed by atoms with Gasteiger partial charge in [-0.25, -0.2) is 9.97 Å². The highest BCUT2D eigenvalue weighted by Crippen LogP contribution is 2.42. The third-order valence-corrected chi connectivity index (χ3v) is 5.79. The fraction of sp³-hybridized carbons (Fsp3) is 0.500. The minimum absolute atomic E-state index is 0.215. The van der Waals surface area contributed by atoms with Gasteiger partial charge in [0.1, 0.15) is 11.4 Å². The van der Waals surface area contributed by atoms with Gasteiger partial charge >= 0.3 is 6.18 Å². The van der Waals surface area contributed by atoms with Crippen LogP contribution in [0.15, 0.2) is 29.4 Å². The molecule has 1 atom stereocenters. The van der Waals surface area contributed by atoms with Crippen LogP contribution in [0.4, 0.5) is 19.1 Å². The maximum atomic E-state index is 12.8. The van der Waals surface area contributed by atoms with Crippen LogP contribution in [-0.2, 0) is 11.0 Å². The van der Waals surface area contributed by atoms with Crippen molar-refractivity contribution < 1.29 is 18.0 Å². The smallest absolute Gasteiger partial charge is 0.300 e. The lowest BCUT2D eigenvalue weighted by atomic mass is 9.74. The first-order valence-electron chi connectivity index (χ1n) is 8.99. The van der Waals surface area contributed by atoms with Gasteiger partial charge < -0.3 is 4.90 Å². The number of aliphatic imine (C=N–C) groups is 1. The molecular weight excluding hydrogens is 359 g/mol. The fourth-order valence-electron chi connectivity index (χ4n) is 4.39. The third kappa shape index (κ3) is 2.94. The number of hydroxylamine groups is 1. The van der Waals surface area contributed by atoms with Crippen molar-refractivity contribution in [2.24, 2.45) is 10.9 Å². The zero-order valence-corrected chi connectivity index (χ0v) is 14.5. The van der Waals surface area contributed by atoms with Gasteiger partial charge in [0.2, 0.25) is 0 Å². The minimum atomic E-state index is -4.39. The van der Waals surface area contributed by atoms with Gasteiger partial charge in [0.05, 0.1) is 11.1 Å². The van der Waals surface area contributed by atoms with E-state index in [1.54, 1.807) is 0 Å². The van der Waals surface area contributed by atoms with Crippen molar-refractivity contribution in [3.63, 3.8) is 0 Å². The number of hydrogen-bond acceptors (Lipinski definition) is 5. The Hall–Kier alpha value is -2.26. The molecule has 0 radical (unpaired) electrons. The van der Waals surface area contributed by atoms with Crippen LogP contribution in [0.25, 0.3) is 10.9 Å². The van der Waals surface area contributed by atoms with Crippen molar-refractivity contribution >= 4 is 22.7 Å². The molecule has 1 spiro atoms. The van der Waals surface area contributed by atoms with Crippen LogP contribution < -0.4 is 5.48 Å². The van der Waals surface area contributed by atoms with E-state index in [0.29, 0.717) is 29.1 Å². The molecule has 4 aliphatic heterocycles. The van der Waals surface area contributed by atoms with Crippen molar-refractivity contribution in [1.29, 1.82) is 0 Å². The number of halogens is 3. The molecule has 27 heavy (non-hydrogen) atoms. The lowest BCUT2D eigenvalue weighted by Gasteiger charge is -2.49. The lowest BCUT2D eigenvalue weighted by Crippen LogP contribution is -2.59. The van der Waals surface area contributed by atoms with E-state index in [0.717, 1.165) is 44.6 Å². The Morgan fingerprint density at radius 2 is 2.07 bits per heavy atom. The first kappa shape index (κ1) is 16.9. The van der Waals surface area contributed by atoms with Crippen LogP contribution in [0, 0.1) is 5.92 Å². The van der Waals surface area contributed by atoms with E-state index in [2.05, 4.69) is 25.3 Å². The highest BCUT2D eigenvalue weighted by molar-refractivity contribution is 5.86. The van der Waals surface area contributed by atoms with Crippen LogP contribution in [0.1, 0.15) is 24.8 Å². The molecule has 6 rings (SSSR count). The lowest BCUT2D eigenvalue weighted by molar-refractivity contribution is -0.150. The molecule has 4 aliphatic rings. The average molecular weight is 377 g/mol. The maximum absolute atomic E-state index is 12.8. The van der Waals surface area contributed by atoms with E-state index in [9.17, 15) is 13.2 Å². The van der Waals surface area contributed by atoms with E-state index >= 15 is 0 Å². The Bertz CT molecular complexity index is 923. The highest BCUT2D eigenvalue weighted by Gasteiger charge is 2.52. The molecular formula is C18H18F3N5O. The zero-order valence-electron chi connectivity index (χ0n) is 14.5. The van der Waals surface area contributed by atoms with Crippen LogP contribution >= 0.6 is 0 Å². The van der Waals surface area contributed by atoms with Crippen LogP contribution in [0.5, 0.6) is 0 Å². The number of hydrogen-bond donors (Lipinski definition) is 1. The predicted octanol–water partition coefficient (Wildman–Crippen LogP) is 3.07. The molecule has 2 aromatic rings. The van der Waals surface area contributed by atoms with Gasteiger partial charge in [0.25, 0.3) is 5.95 Å². The van der Waals surface area contributed by atoms with Gasteiger partial charge in [0, 0.05) is 24.5 Å². The number of rotatable bonds is 1. The van der Waals surface area contributed by atoms with Gasteiger partial charge in [-0.15, -0.1) is 0 Å². The van der Waals surface area contributed by atoms with E-state index in [-0.39, 0.29) is 11.5 Å². The van der Waals surface area contributed by atoms with Crippen molar-refractivity contribution in [2.75, 3.05) is 19.6 Å². The molecule has 4 saturated heterocycles. The summed E-state index contributed by atoms with van der Waals surface area (Å²) in [7, 11) is 0. The molecule has 1 aromatic heterocycles.